The topological polar surface area (TPSA) is 83.6 Å². The smallest absolute Gasteiger partial charge is 0.254 e. The lowest BCUT2D eigenvalue weighted by molar-refractivity contribution is -0.125. The number of amides is 2. The van der Waals surface area contributed by atoms with Crippen molar-refractivity contribution in [2.75, 3.05) is 12.8 Å². The van der Waals surface area contributed by atoms with Crippen LogP contribution >= 0.6 is 0 Å². The van der Waals surface area contributed by atoms with Gasteiger partial charge in [0.25, 0.3) is 5.91 Å². The average Bonchev–Trinajstić information content (AvgIpc) is 3.53. The Morgan fingerprint density at radius 1 is 1.15 bits per heavy atom. The maximum Gasteiger partial charge on any atom is 0.254 e. The molecule has 1 unspecified atom stereocenters. The fraction of sp³-hybridized carbons (Fsp3) is 0.417. The van der Waals surface area contributed by atoms with Crippen LogP contribution in [0.5, 0.6) is 0 Å². The van der Waals surface area contributed by atoms with Crippen LogP contribution in [0, 0.1) is 18.7 Å². The summed E-state index contributed by atoms with van der Waals surface area (Å²) in [5, 5.41) is 2.91. The van der Waals surface area contributed by atoms with E-state index in [1.807, 2.05) is 0 Å². The summed E-state index contributed by atoms with van der Waals surface area (Å²) in [5.74, 6) is -1.31. The molecule has 2 amide bonds. The number of rotatable bonds is 6. The molecule has 1 aliphatic heterocycles. The molecule has 4 rings (SSSR count). The number of sulfone groups is 1. The molecule has 1 heterocycles. The van der Waals surface area contributed by atoms with Gasteiger partial charge in [0.2, 0.25) is 5.91 Å². The van der Waals surface area contributed by atoms with E-state index >= 15 is 0 Å². The number of likely N-dealkylation sites (tertiary alicyclic amines) is 1. The van der Waals surface area contributed by atoms with Crippen LogP contribution in [0.3, 0.4) is 0 Å². The van der Waals surface area contributed by atoms with E-state index in [0.717, 1.165) is 24.0 Å². The third kappa shape index (κ3) is 5.08. The van der Waals surface area contributed by atoms with Gasteiger partial charge in [0.15, 0.2) is 9.84 Å². The van der Waals surface area contributed by atoms with Crippen molar-refractivity contribution in [2.24, 2.45) is 5.92 Å². The number of nitrogens with one attached hydrogen (secondary N) is 1. The van der Waals surface area contributed by atoms with Gasteiger partial charge in [0.05, 0.1) is 17.5 Å². The minimum Gasteiger partial charge on any atom is -0.347 e. The number of aryl methyl sites for hydroxylation is 1. The Morgan fingerprint density at radius 3 is 2.52 bits per heavy atom. The van der Waals surface area contributed by atoms with E-state index in [9.17, 15) is 26.8 Å². The van der Waals surface area contributed by atoms with Crippen LogP contribution in [0.1, 0.15) is 46.8 Å². The molecule has 1 aliphatic carbocycles. The Bertz CT molecular complexity index is 1200. The van der Waals surface area contributed by atoms with Crippen molar-refractivity contribution in [3.63, 3.8) is 0 Å². The van der Waals surface area contributed by atoms with Gasteiger partial charge in [0, 0.05) is 18.2 Å². The molecule has 0 spiro atoms. The van der Waals surface area contributed by atoms with Crippen molar-refractivity contribution < 1.29 is 26.8 Å². The molecule has 2 fully saturated rings. The Morgan fingerprint density at radius 2 is 1.88 bits per heavy atom. The SMILES string of the molecule is Cc1ccc(C(NC(=O)[C@H]2C[C@H](F)CN2C(=O)c2cccc(S(C)(=O)=O)c2)C2CC2)cc1F. The van der Waals surface area contributed by atoms with Crippen LogP contribution < -0.4 is 5.32 Å². The largest absolute Gasteiger partial charge is 0.347 e. The van der Waals surface area contributed by atoms with E-state index in [1.54, 1.807) is 19.1 Å². The standard InChI is InChI=1S/C24H26F2N2O4S/c1-14-6-7-16(11-20(14)26)22(15-8-9-15)27-23(29)21-12-18(25)13-28(21)24(30)17-4-3-5-19(10-17)33(2,31)32/h3-7,10-11,15,18,21-22H,8-9,12-13H2,1-2H3,(H,27,29)/t18-,21+,22?/m0/s1. The first kappa shape index (κ1) is 23.4. The first-order chi connectivity index (χ1) is 15.5. The van der Waals surface area contributed by atoms with Gasteiger partial charge in [0.1, 0.15) is 18.0 Å². The van der Waals surface area contributed by atoms with Crippen LogP contribution in [0.2, 0.25) is 0 Å². The maximum absolute atomic E-state index is 14.3. The minimum atomic E-state index is -3.53. The third-order valence-electron chi connectivity index (χ3n) is 6.27. The molecule has 2 aromatic rings. The van der Waals surface area contributed by atoms with Crippen LogP contribution in [-0.2, 0) is 14.6 Å². The highest BCUT2D eigenvalue weighted by molar-refractivity contribution is 7.90. The highest BCUT2D eigenvalue weighted by Gasteiger charge is 2.42. The van der Waals surface area contributed by atoms with E-state index in [4.69, 9.17) is 0 Å². The van der Waals surface area contributed by atoms with Gasteiger partial charge < -0.3 is 10.2 Å². The van der Waals surface area contributed by atoms with E-state index in [-0.39, 0.29) is 35.2 Å². The molecular formula is C24H26F2N2O4S. The van der Waals surface area contributed by atoms with Crippen LogP contribution in [0.4, 0.5) is 8.78 Å². The predicted molar refractivity (Wildman–Crippen MR) is 119 cm³/mol. The maximum atomic E-state index is 14.3. The zero-order valence-electron chi connectivity index (χ0n) is 18.4. The van der Waals surface area contributed by atoms with Crippen LogP contribution in [-0.4, -0.2) is 50.1 Å². The van der Waals surface area contributed by atoms with E-state index < -0.39 is 39.9 Å². The number of benzene rings is 2. The molecule has 0 bridgehead atoms. The zero-order chi connectivity index (χ0) is 23.9. The predicted octanol–water partition coefficient (Wildman–Crippen LogP) is 3.36. The summed E-state index contributed by atoms with van der Waals surface area (Å²) in [4.78, 5) is 27.4. The molecule has 1 N–H and O–H groups in total. The number of carbonyl (C=O) groups excluding carboxylic acids is 2. The molecule has 0 aromatic heterocycles. The van der Waals surface area contributed by atoms with Gasteiger partial charge in [-0.2, -0.15) is 0 Å². The Kier molecular flexibility index (Phi) is 6.26. The Labute approximate surface area is 191 Å². The van der Waals surface area contributed by atoms with Crippen LogP contribution in [0.25, 0.3) is 0 Å². The summed E-state index contributed by atoms with van der Waals surface area (Å²) < 4.78 is 52.2. The van der Waals surface area contributed by atoms with E-state index in [2.05, 4.69) is 5.32 Å². The number of hydrogen-bond acceptors (Lipinski definition) is 4. The van der Waals surface area contributed by atoms with Crippen molar-refractivity contribution >= 4 is 21.7 Å². The summed E-state index contributed by atoms with van der Waals surface area (Å²) in [7, 11) is -3.53. The summed E-state index contributed by atoms with van der Waals surface area (Å²) >= 11 is 0. The van der Waals surface area contributed by atoms with Gasteiger partial charge in [-0.1, -0.05) is 18.2 Å². The second kappa shape index (κ2) is 8.85. The monoisotopic (exact) mass is 476 g/mol. The van der Waals surface area contributed by atoms with Gasteiger partial charge in [-0.05, 0) is 61.1 Å². The molecule has 33 heavy (non-hydrogen) atoms. The molecule has 2 aromatic carbocycles. The molecule has 1 saturated heterocycles. The average molecular weight is 477 g/mol. The second-order valence-corrected chi connectivity index (χ2v) is 11.0. The van der Waals surface area contributed by atoms with Gasteiger partial charge >= 0.3 is 0 Å². The Hall–Kier alpha value is -2.81. The van der Waals surface area contributed by atoms with Crippen molar-refractivity contribution in [3.8, 4) is 0 Å². The number of carbonyl (C=O) groups is 2. The highest BCUT2D eigenvalue weighted by Crippen LogP contribution is 2.41. The third-order valence-corrected chi connectivity index (χ3v) is 7.38. The quantitative estimate of drug-likeness (QED) is 0.693. The molecule has 2 aliphatic rings. The number of halogens is 2. The van der Waals surface area contributed by atoms with Gasteiger partial charge in [-0.25, -0.2) is 17.2 Å². The fourth-order valence-corrected chi connectivity index (χ4v) is 4.91. The van der Waals surface area contributed by atoms with Crippen molar-refractivity contribution in [3.05, 3.63) is 65.0 Å². The van der Waals surface area contributed by atoms with Crippen molar-refractivity contribution in [2.45, 2.75) is 49.3 Å². The molecule has 3 atom stereocenters. The number of nitrogens with zero attached hydrogens (tertiary/aromatic N) is 1. The normalized spacial score (nSPS) is 21.6. The molecular weight excluding hydrogens is 450 g/mol. The van der Waals surface area contributed by atoms with Gasteiger partial charge in [-0.3, -0.25) is 9.59 Å². The number of alkyl halides is 1. The molecule has 176 valence electrons. The van der Waals surface area contributed by atoms with Crippen molar-refractivity contribution in [1.82, 2.24) is 10.2 Å². The lowest BCUT2D eigenvalue weighted by atomic mass is 10.00. The highest BCUT2D eigenvalue weighted by atomic mass is 32.2. The molecule has 6 nitrogen and oxygen atoms in total. The second-order valence-electron chi connectivity index (χ2n) is 8.94. The van der Waals surface area contributed by atoms with Gasteiger partial charge in [-0.15, -0.1) is 0 Å². The molecule has 9 heteroatoms. The Balaban J connectivity index is 1.56. The van der Waals surface area contributed by atoms with Crippen LogP contribution in [0.15, 0.2) is 47.4 Å². The summed E-state index contributed by atoms with van der Waals surface area (Å²) in [6.45, 7) is 1.40. The number of hydrogen-bond donors (Lipinski definition) is 1. The fourth-order valence-electron chi connectivity index (χ4n) is 4.24. The van der Waals surface area contributed by atoms with E-state index in [1.165, 1.54) is 30.3 Å². The van der Waals surface area contributed by atoms with E-state index in [0.29, 0.717) is 11.1 Å². The first-order valence-corrected chi connectivity index (χ1v) is 12.8. The van der Waals surface area contributed by atoms with Crippen molar-refractivity contribution in [1.29, 1.82) is 0 Å². The lowest BCUT2D eigenvalue weighted by Crippen LogP contribution is -2.47. The first-order valence-electron chi connectivity index (χ1n) is 10.9. The summed E-state index contributed by atoms with van der Waals surface area (Å²) in [6, 6.07) is 8.88. The minimum absolute atomic E-state index is 0.0273. The molecule has 0 radical (unpaired) electrons. The zero-order valence-corrected chi connectivity index (χ0v) is 19.2. The lowest BCUT2D eigenvalue weighted by Gasteiger charge is -2.27. The summed E-state index contributed by atoms with van der Waals surface area (Å²) in [6.07, 6.45) is 1.28. The summed E-state index contributed by atoms with van der Waals surface area (Å²) in [5.41, 5.74) is 1.22. The molecule has 1 saturated carbocycles.